The summed E-state index contributed by atoms with van der Waals surface area (Å²) >= 11 is 0. The van der Waals surface area contributed by atoms with Gasteiger partial charge in [-0.05, 0) is 18.6 Å². The Bertz CT molecular complexity index is 994. The Labute approximate surface area is 157 Å². The van der Waals surface area contributed by atoms with Gasteiger partial charge >= 0.3 is 6.03 Å². The molecule has 0 radical (unpaired) electrons. The molecular weight excluding hydrogens is 340 g/mol. The molecule has 1 aromatic carbocycles. The molecule has 4 heterocycles. The van der Waals surface area contributed by atoms with Crippen LogP contribution < -0.4 is 9.80 Å². The first-order chi connectivity index (χ1) is 13.2. The highest BCUT2D eigenvalue weighted by atomic mass is 16.2. The molecule has 7 heteroatoms. The summed E-state index contributed by atoms with van der Waals surface area (Å²) in [7, 11) is 1.83. The third-order valence-electron chi connectivity index (χ3n) is 5.62. The van der Waals surface area contributed by atoms with Crippen LogP contribution in [0.5, 0.6) is 0 Å². The fraction of sp³-hybridized carbons (Fsp3) is 0.350. The average Bonchev–Trinajstić information content (AvgIpc) is 3.42. The summed E-state index contributed by atoms with van der Waals surface area (Å²) < 4.78 is 2.02. The summed E-state index contributed by atoms with van der Waals surface area (Å²) in [6.07, 6.45) is 6.73. The fourth-order valence-corrected chi connectivity index (χ4v) is 4.09. The number of urea groups is 1. The summed E-state index contributed by atoms with van der Waals surface area (Å²) in [5.74, 6) is 0. The molecule has 2 fully saturated rings. The molecule has 0 N–H and O–H groups in total. The largest absolute Gasteiger partial charge is 0.369 e. The highest BCUT2D eigenvalue weighted by molar-refractivity contribution is 5.93. The molecule has 0 aliphatic carbocycles. The van der Waals surface area contributed by atoms with Gasteiger partial charge in [-0.25, -0.2) is 4.79 Å². The Morgan fingerprint density at radius 3 is 2.85 bits per heavy atom. The lowest BCUT2D eigenvalue weighted by molar-refractivity contribution is 0.229. The van der Waals surface area contributed by atoms with Crippen LogP contribution in [0.4, 0.5) is 16.2 Å². The van der Waals surface area contributed by atoms with Gasteiger partial charge in [-0.2, -0.15) is 5.10 Å². The first kappa shape index (κ1) is 16.1. The van der Waals surface area contributed by atoms with Gasteiger partial charge in [-0.1, -0.05) is 18.2 Å². The van der Waals surface area contributed by atoms with Gasteiger partial charge in [0.15, 0.2) is 0 Å². The Morgan fingerprint density at radius 1 is 1.11 bits per heavy atom. The zero-order chi connectivity index (χ0) is 18.4. The van der Waals surface area contributed by atoms with Crippen molar-refractivity contribution in [1.29, 1.82) is 0 Å². The predicted molar refractivity (Wildman–Crippen MR) is 105 cm³/mol. The van der Waals surface area contributed by atoms with Gasteiger partial charge in [0.1, 0.15) is 0 Å². The van der Waals surface area contributed by atoms with Crippen molar-refractivity contribution in [2.24, 2.45) is 0 Å². The minimum atomic E-state index is 0.0471. The molecule has 138 valence electrons. The minimum Gasteiger partial charge on any atom is -0.369 e. The number of fused-ring (bicyclic) bond motifs is 1. The number of aromatic nitrogens is 3. The third kappa shape index (κ3) is 2.70. The van der Waals surface area contributed by atoms with Gasteiger partial charge in [-0.15, -0.1) is 0 Å². The van der Waals surface area contributed by atoms with Crippen LogP contribution >= 0.6 is 0 Å². The summed E-state index contributed by atoms with van der Waals surface area (Å²) in [6, 6.07) is 10.7. The third-order valence-corrected chi connectivity index (χ3v) is 5.62. The maximum Gasteiger partial charge on any atom is 0.324 e. The average molecular weight is 362 g/mol. The van der Waals surface area contributed by atoms with Crippen LogP contribution in [0.15, 0.2) is 48.9 Å². The molecule has 3 aromatic rings. The number of benzene rings is 1. The number of para-hydroxylation sites is 1. The SMILES string of the molecule is CN1CCN(c2cnn(C3CCN(c4ccnc5ccccc45)C3)c2)C1=O. The molecule has 0 saturated carbocycles. The van der Waals surface area contributed by atoms with Gasteiger partial charge in [0.05, 0.1) is 23.4 Å². The van der Waals surface area contributed by atoms with Crippen LogP contribution in [0.3, 0.4) is 0 Å². The van der Waals surface area contributed by atoms with Crippen LogP contribution in [0.1, 0.15) is 12.5 Å². The van der Waals surface area contributed by atoms with E-state index in [1.54, 1.807) is 9.80 Å². The van der Waals surface area contributed by atoms with Gasteiger partial charge in [0.25, 0.3) is 0 Å². The number of amides is 2. The Kier molecular flexibility index (Phi) is 3.74. The summed E-state index contributed by atoms with van der Waals surface area (Å²) in [4.78, 5) is 22.6. The highest BCUT2D eigenvalue weighted by Gasteiger charge is 2.30. The highest BCUT2D eigenvalue weighted by Crippen LogP contribution is 2.32. The lowest BCUT2D eigenvalue weighted by atomic mass is 10.2. The van der Waals surface area contributed by atoms with Crippen LogP contribution in [-0.2, 0) is 0 Å². The van der Waals surface area contributed by atoms with E-state index in [2.05, 4.69) is 39.2 Å². The van der Waals surface area contributed by atoms with Crippen molar-refractivity contribution in [3.8, 4) is 0 Å². The number of hydrogen-bond acceptors (Lipinski definition) is 4. The molecule has 2 amide bonds. The maximum atomic E-state index is 12.2. The summed E-state index contributed by atoms with van der Waals surface area (Å²) in [5, 5.41) is 5.75. The molecule has 0 bridgehead atoms. The van der Waals surface area contributed by atoms with Crippen molar-refractivity contribution in [1.82, 2.24) is 19.7 Å². The Morgan fingerprint density at radius 2 is 2.00 bits per heavy atom. The van der Waals surface area contributed by atoms with Crippen LogP contribution in [-0.4, -0.2) is 58.9 Å². The topological polar surface area (TPSA) is 57.5 Å². The van der Waals surface area contributed by atoms with Crippen LogP contribution in [0.25, 0.3) is 10.9 Å². The van der Waals surface area contributed by atoms with Crippen molar-refractivity contribution in [3.05, 3.63) is 48.9 Å². The second-order valence-corrected chi connectivity index (χ2v) is 7.27. The van der Waals surface area contributed by atoms with E-state index >= 15 is 0 Å². The molecule has 5 rings (SSSR count). The Balaban J connectivity index is 1.36. The molecule has 2 aliphatic heterocycles. The van der Waals surface area contributed by atoms with E-state index in [9.17, 15) is 4.79 Å². The number of pyridine rings is 1. The molecule has 2 aliphatic rings. The summed E-state index contributed by atoms with van der Waals surface area (Å²) in [6.45, 7) is 3.37. The molecule has 27 heavy (non-hydrogen) atoms. The smallest absolute Gasteiger partial charge is 0.324 e. The zero-order valence-corrected chi connectivity index (χ0v) is 15.3. The van der Waals surface area contributed by atoms with Gasteiger partial charge < -0.3 is 9.80 Å². The molecule has 1 unspecified atom stereocenters. The lowest BCUT2D eigenvalue weighted by Gasteiger charge is -2.20. The number of carbonyl (C=O) groups excluding carboxylic acids is 1. The number of carbonyl (C=O) groups is 1. The standard InChI is InChI=1S/C20H22N6O/c1-23-10-11-25(20(23)27)16-12-22-26(14-16)15-7-9-24(13-15)19-6-8-21-18-5-3-2-4-17(18)19/h2-6,8,12,14-15H,7,9-11,13H2,1H3. The van der Waals surface area contributed by atoms with E-state index in [-0.39, 0.29) is 6.03 Å². The number of rotatable bonds is 3. The second-order valence-electron chi connectivity index (χ2n) is 7.27. The minimum absolute atomic E-state index is 0.0471. The van der Waals surface area contributed by atoms with Crippen molar-refractivity contribution >= 4 is 28.3 Å². The van der Waals surface area contributed by atoms with Crippen molar-refractivity contribution in [2.75, 3.05) is 43.0 Å². The van der Waals surface area contributed by atoms with E-state index in [1.165, 1.54) is 11.1 Å². The van der Waals surface area contributed by atoms with E-state index in [4.69, 9.17) is 0 Å². The van der Waals surface area contributed by atoms with E-state index in [0.717, 1.165) is 43.8 Å². The maximum absolute atomic E-state index is 12.2. The monoisotopic (exact) mass is 362 g/mol. The van der Waals surface area contributed by atoms with Gasteiger partial charge in [0.2, 0.25) is 0 Å². The number of nitrogens with zero attached hydrogens (tertiary/aromatic N) is 6. The zero-order valence-electron chi connectivity index (χ0n) is 15.3. The number of hydrogen-bond donors (Lipinski definition) is 0. The van der Waals surface area contributed by atoms with E-state index < -0.39 is 0 Å². The quantitative estimate of drug-likeness (QED) is 0.719. The molecule has 0 spiro atoms. The van der Waals surface area contributed by atoms with Gasteiger partial charge in [0, 0.05) is 56.7 Å². The van der Waals surface area contributed by atoms with Crippen molar-refractivity contribution in [3.63, 3.8) is 0 Å². The Hall–Kier alpha value is -3.09. The molecule has 7 nitrogen and oxygen atoms in total. The molecule has 1 atom stereocenters. The first-order valence-corrected chi connectivity index (χ1v) is 9.36. The fourth-order valence-electron chi connectivity index (χ4n) is 4.09. The first-order valence-electron chi connectivity index (χ1n) is 9.36. The second kappa shape index (κ2) is 6.26. The van der Waals surface area contributed by atoms with E-state index in [1.807, 2.05) is 36.4 Å². The van der Waals surface area contributed by atoms with Crippen LogP contribution in [0, 0.1) is 0 Å². The normalized spacial score (nSPS) is 20.3. The molecule has 2 saturated heterocycles. The van der Waals surface area contributed by atoms with E-state index in [0.29, 0.717) is 6.04 Å². The number of likely N-dealkylation sites (N-methyl/N-ethyl adjacent to an activating group) is 1. The number of anilines is 2. The van der Waals surface area contributed by atoms with Crippen molar-refractivity contribution < 1.29 is 4.79 Å². The molecule has 2 aromatic heterocycles. The van der Waals surface area contributed by atoms with Gasteiger partial charge in [-0.3, -0.25) is 14.6 Å². The predicted octanol–water partition coefficient (Wildman–Crippen LogP) is 2.75. The summed E-state index contributed by atoms with van der Waals surface area (Å²) in [5.41, 5.74) is 3.14. The lowest BCUT2D eigenvalue weighted by Crippen LogP contribution is -2.28. The van der Waals surface area contributed by atoms with Crippen molar-refractivity contribution in [2.45, 2.75) is 12.5 Å². The van der Waals surface area contributed by atoms with Crippen LogP contribution in [0.2, 0.25) is 0 Å². The molecular formula is C20H22N6O.